The van der Waals surface area contributed by atoms with Crippen molar-refractivity contribution in [2.75, 3.05) is 19.6 Å². The van der Waals surface area contributed by atoms with Gasteiger partial charge in [0.25, 0.3) is 0 Å². The summed E-state index contributed by atoms with van der Waals surface area (Å²) >= 11 is 0. The fourth-order valence-corrected chi connectivity index (χ4v) is 3.48. The molecule has 118 valence electrons. The highest BCUT2D eigenvalue weighted by Gasteiger charge is 2.31. The van der Waals surface area contributed by atoms with Crippen LogP contribution in [0, 0.1) is 11.7 Å². The molecule has 0 spiro atoms. The normalized spacial score (nSPS) is 20.2. The smallest absolute Gasteiger partial charge is 0.123 e. The third kappa shape index (κ3) is 4.79. The van der Waals surface area contributed by atoms with Gasteiger partial charge in [0.2, 0.25) is 0 Å². The second-order valence-electron chi connectivity index (χ2n) is 6.95. The summed E-state index contributed by atoms with van der Waals surface area (Å²) < 4.78 is 13.2. The van der Waals surface area contributed by atoms with Crippen LogP contribution in [0.15, 0.2) is 24.3 Å². The average molecular weight is 292 g/mol. The standard InChI is InChI=1S/C18H29FN2/c1-15(2)13-18(20,16-7-9-17(19)10-8-16)14-21-11-5-3-4-6-12-21/h7-10,15H,3-6,11-14,20H2,1-2H3. The van der Waals surface area contributed by atoms with Crippen LogP contribution in [0.5, 0.6) is 0 Å². The highest BCUT2D eigenvalue weighted by Crippen LogP contribution is 2.28. The zero-order valence-electron chi connectivity index (χ0n) is 13.4. The molecule has 0 aliphatic carbocycles. The van der Waals surface area contributed by atoms with Gasteiger partial charge in [-0.2, -0.15) is 0 Å². The van der Waals surface area contributed by atoms with Crippen LogP contribution >= 0.6 is 0 Å². The van der Waals surface area contributed by atoms with Crippen LogP contribution < -0.4 is 5.73 Å². The molecule has 1 heterocycles. The van der Waals surface area contributed by atoms with Crippen LogP contribution in [-0.4, -0.2) is 24.5 Å². The summed E-state index contributed by atoms with van der Waals surface area (Å²) in [4.78, 5) is 2.50. The SMILES string of the molecule is CC(C)CC(N)(CN1CCCCCC1)c1ccc(F)cc1. The average Bonchev–Trinajstić information content (AvgIpc) is 2.67. The van der Waals surface area contributed by atoms with Gasteiger partial charge in [-0.1, -0.05) is 38.8 Å². The van der Waals surface area contributed by atoms with Crippen LogP contribution in [0.25, 0.3) is 0 Å². The number of nitrogens with zero attached hydrogens (tertiary/aromatic N) is 1. The molecule has 0 aromatic heterocycles. The van der Waals surface area contributed by atoms with Crippen LogP contribution in [0.3, 0.4) is 0 Å². The number of benzene rings is 1. The van der Waals surface area contributed by atoms with Crippen molar-refractivity contribution >= 4 is 0 Å². The molecule has 1 atom stereocenters. The van der Waals surface area contributed by atoms with Crippen molar-refractivity contribution in [1.29, 1.82) is 0 Å². The van der Waals surface area contributed by atoms with E-state index < -0.39 is 0 Å². The fourth-order valence-electron chi connectivity index (χ4n) is 3.48. The third-order valence-corrected chi connectivity index (χ3v) is 4.40. The molecule has 1 aromatic carbocycles. The maximum absolute atomic E-state index is 13.2. The highest BCUT2D eigenvalue weighted by molar-refractivity contribution is 5.25. The van der Waals surface area contributed by atoms with Gasteiger partial charge >= 0.3 is 0 Å². The summed E-state index contributed by atoms with van der Waals surface area (Å²) in [5.74, 6) is 0.326. The van der Waals surface area contributed by atoms with Gasteiger partial charge in [0.05, 0.1) is 5.54 Å². The van der Waals surface area contributed by atoms with E-state index in [4.69, 9.17) is 5.73 Å². The number of rotatable bonds is 5. The Kier molecular flexibility index (Phi) is 5.77. The van der Waals surface area contributed by atoms with E-state index in [1.807, 2.05) is 12.1 Å². The maximum Gasteiger partial charge on any atom is 0.123 e. The second-order valence-corrected chi connectivity index (χ2v) is 6.95. The Morgan fingerprint density at radius 1 is 1.10 bits per heavy atom. The molecular weight excluding hydrogens is 263 g/mol. The van der Waals surface area contributed by atoms with E-state index >= 15 is 0 Å². The molecule has 1 unspecified atom stereocenters. The van der Waals surface area contributed by atoms with Crippen molar-refractivity contribution in [2.24, 2.45) is 11.7 Å². The lowest BCUT2D eigenvalue weighted by molar-refractivity contribution is 0.193. The molecular formula is C18H29FN2. The van der Waals surface area contributed by atoms with Gasteiger partial charge < -0.3 is 10.6 Å². The Balaban J connectivity index is 2.17. The van der Waals surface area contributed by atoms with Gasteiger partial charge in [-0.3, -0.25) is 0 Å². The zero-order valence-corrected chi connectivity index (χ0v) is 13.4. The molecule has 2 N–H and O–H groups in total. The summed E-state index contributed by atoms with van der Waals surface area (Å²) in [6.45, 7) is 7.55. The predicted molar refractivity (Wildman–Crippen MR) is 86.6 cm³/mol. The molecule has 0 saturated carbocycles. The lowest BCUT2D eigenvalue weighted by atomic mass is 9.82. The molecule has 2 rings (SSSR count). The minimum atomic E-state index is -0.383. The van der Waals surface area contributed by atoms with E-state index in [9.17, 15) is 4.39 Å². The van der Waals surface area contributed by atoms with Crippen LogP contribution in [0.4, 0.5) is 4.39 Å². The number of hydrogen-bond donors (Lipinski definition) is 1. The maximum atomic E-state index is 13.2. The number of halogens is 1. The number of hydrogen-bond acceptors (Lipinski definition) is 2. The molecule has 1 aliphatic rings. The Bertz CT molecular complexity index is 421. The summed E-state index contributed by atoms with van der Waals surface area (Å²) in [6.07, 6.45) is 6.11. The predicted octanol–water partition coefficient (Wildman–Crippen LogP) is 3.90. The lowest BCUT2D eigenvalue weighted by Crippen LogP contribution is -2.48. The van der Waals surface area contributed by atoms with Gasteiger partial charge in [-0.25, -0.2) is 4.39 Å². The van der Waals surface area contributed by atoms with Gasteiger partial charge in [-0.15, -0.1) is 0 Å². The van der Waals surface area contributed by atoms with Crippen molar-refractivity contribution in [3.05, 3.63) is 35.6 Å². The van der Waals surface area contributed by atoms with E-state index in [0.29, 0.717) is 5.92 Å². The molecule has 0 amide bonds. The number of nitrogens with two attached hydrogens (primary N) is 1. The van der Waals surface area contributed by atoms with Crippen molar-refractivity contribution in [1.82, 2.24) is 4.90 Å². The first kappa shape index (κ1) is 16.4. The topological polar surface area (TPSA) is 29.3 Å². The van der Waals surface area contributed by atoms with E-state index in [1.165, 1.54) is 37.8 Å². The first-order valence-electron chi connectivity index (χ1n) is 8.27. The Labute approximate surface area is 128 Å². The summed E-state index contributed by atoms with van der Waals surface area (Å²) in [5.41, 5.74) is 7.46. The van der Waals surface area contributed by atoms with Crippen LogP contribution in [0.1, 0.15) is 51.5 Å². The highest BCUT2D eigenvalue weighted by atomic mass is 19.1. The Morgan fingerprint density at radius 2 is 1.67 bits per heavy atom. The van der Waals surface area contributed by atoms with Crippen molar-refractivity contribution in [2.45, 2.75) is 51.5 Å². The molecule has 0 bridgehead atoms. The molecule has 3 heteroatoms. The summed E-state index contributed by atoms with van der Waals surface area (Å²) in [5, 5.41) is 0. The largest absolute Gasteiger partial charge is 0.320 e. The molecule has 2 nitrogen and oxygen atoms in total. The van der Waals surface area contributed by atoms with E-state index in [0.717, 1.165) is 31.6 Å². The van der Waals surface area contributed by atoms with Crippen LogP contribution in [-0.2, 0) is 5.54 Å². The molecule has 1 aromatic rings. The third-order valence-electron chi connectivity index (χ3n) is 4.40. The van der Waals surface area contributed by atoms with Gasteiger partial charge in [0.1, 0.15) is 5.82 Å². The summed E-state index contributed by atoms with van der Waals surface area (Å²) in [7, 11) is 0. The summed E-state index contributed by atoms with van der Waals surface area (Å²) in [6, 6.07) is 6.77. The van der Waals surface area contributed by atoms with Gasteiger partial charge in [0.15, 0.2) is 0 Å². The lowest BCUT2D eigenvalue weighted by Gasteiger charge is -2.37. The molecule has 1 saturated heterocycles. The van der Waals surface area contributed by atoms with E-state index in [2.05, 4.69) is 18.7 Å². The van der Waals surface area contributed by atoms with Gasteiger partial charge in [-0.05, 0) is 56.0 Å². The monoisotopic (exact) mass is 292 g/mol. The van der Waals surface area contributed by atoms with E-state index in [1.54, 1.807) is 0 Å². The second kappa shape index (κ2) is 7.37. The molecule has 21 heavy (non-hydrogen) atoms. The fraction of sp³-hybridized carbons (Fsp3) is 0.667. The first-order valence-corrected chi connectivity index (χ1v) is 8.27. The van der Waals surface area contributed by atoms with Crippen molar-refractivity contribution in [3.8, 4) is 0 Å². The quantitative estimate of drug-likeness (QED) is 0.891. The first-order chi connectivity index (χ1) is 9.99. The molecule has 1 aliphatic heterocycles. The van der Waals surface area contributed by atoms with E-state index in [-0.39, 0.29) is 11.4 Å². The van der Waals surface area contributed by atoms with Crippen molar-refractivity contribution in [3.63, 3.8) is 0 Å². The minimum Gasteiger partial charge on any atom is -0.320 e. The van der Waals surface area contributed by atoms with Crippen LogP contribution in [0.2, 0.25) is 0 Å². The molecule has 1 fully saturated rings. The minimum absolute atomic E-state index is 0.194. The zero-order chi connectivity index (χ0) is 15.3. The molecule has 0 radical (unpaired) electrons. The Hall–Kier alpha value is -0.930. The Morgan fingerprint density at radius 3 is 2.19 bits per heavy atom. The number of likely N-dealkylation sites (tertiary alicyclic amines) is 1. The van der Waals surface area contributed by atoms with Crippen molar-refractivity contribution < 1.29 is 4.39 Å². The van der Waals surface area contributed by atoms with Gasteiger partial charge in [0, 0.05) is 6.54 Å².